The Morgan fingerprint density at radius 1 is 0.821 bits per heavy atom. The Kier molecular flexibility index (Phi) is 30.0. The van der Waals surface area contributed by atoms with E-state index in [9.17, 15) is 19.2 Å². The van der Waals surface area contributed by atoms with Gasteiger partial charge in [-0.2, -0.15) is 0 Å². The third-order valence-electron chi connectivity index (χ3n) is 9.29. The lowest BCUT2D eigenvalue weighted by atomic mass is 9.92. The zero-order valence-electron chi connectivity index (χ0n) is 42.2. The highest BCUT2D eigenvalue weighted by atomic mass is 16.5. The summed E-state index contributed by atoms with van der Waals surface area (Å²) in [6, 6.07) is 14.2. The third-order valence-corrected chi connectivity index (χ3v) is 9.29. The van der Waals surface area contributed by atoms with Crippen LogP contribution in [-0.2, 0) is 32.2 Å². The molecule has 4 N–H and O–H groups in total. The number of terminal acetylenes is 2. The lowest BCUT2D eigenvalue weighted by molar-refractivity contribution is -0.138. The number of nitrogens with one attached hydrogen (secondary N) is 4. The largest absolute Gasteiger partial charge is 0.488 e. The highest BCUT2D eigenvalue weighted by Crippen LogP contribution is 2.43. The van der Waals surface area contributed by atoms with Crippen molar-refractivity contribution in [1.29, 1.82) is 0 Å². The van der Waals surface area contributed by atoms with Crippen LogP contribution in [0.5, 0.6) is 5.75 Å². The molecule has 4 amide bonds. The van der Waals surface area contributed by atoms with Crippen molar-refractivity contribution in [3.8, 4) is 53.8 Å². The lowest BCUT2D eigenvalue weighted by Crippen LogP contribution is -2.49. The van der Waals surface area contributed by atoms with Gasteiger partial charge in [-0.1, -0.05) is 107 Å². The summed E-state index contributed by atoms with van der Waals surface area (Å²) in [5, 5.41) is 6.84. The van der Waals surface area contributed by atoms with Crippen LogP contribution in [-0.4, -0.2) is 94.1 Å². The number of likely N-dealkylation sites (tertiary alicyclic amines) is 1. The monoisotopic (exact) mass is 925 g/mol. The van der Waals surface area contributed by atoms with E-state index in [1.165, 1.54) is 27.1 Å². The molecule has 2 aliphatic heterocycles. The average Bonchev–Trinajstić information content (AvgIpc) is 4.02. The van der Waals surface area contributed by atoms with Crippen LogP contribution in [0.15, 0.2) is 48.7 Å². The number of benzene rings is 3. The number of rotatable bonds is 10. The fraction of sp³-hybridized carbons (Fsp3) is 0.462. The number of methoxy groups -OCH3 is 2. The number of imidazole rings is 2. The van der Waals surface area contributed by atoms with Gasteiger partial charge in [-0.15, -0.1) is 25.7 Å². The van der Waals surface area contributed by atoms with Gasteiger partial charge in [0.2, 0.25) is 11.8 Å². The first-order chi connectivity index (χ1) is 32.6. The average molecular weight is 925 g/mol. The number of alkyl carbamates (subject to hydrolysis) is 2. The van der Waals surface area contributed by atoms with Crippen molar-refractivity contribution in [3.63, 3.8) is 0 Å². The standard InChI is InChI=1S/C36H38N8O7.2C3H8.3C2H6.2C2H2/c1-4-10-43(31(45)16-38-35(47)49-2)18-30-37-15-27(40-30)21-5-7-23-22(12-21)19-51-29-14-24-20(13-25(23)29)6-8-26-33(24)42-34(41-26)28-9-11-44(28)32(46)17-39-36(48)50-3;2*1-3-2;5*1-2/h5-8,12-15,28H,4,9-11,16-19H2,1-3H3,(H,37,40)(H,38,47)(H,39,48)(H,41,42);2*3H2,1-2H3;3*1-2H3;2*1-2H. The molecule has 0 bridgehead atoms. The summed E-state index contributed by atoms with van der Waals surface area (Å²) in [6.07, 6.45) is 20.5. The molecule has 1 unspecified atom stereocenters. The molecule has 15 heteroatoms. The van der Waals surface area contributed by atoms with E-state index >= 15 is 0 Å². The van der Waals surface area contributed by atoms with Crippen LogP contribution in [0.1, 0.15) is 125 Å². The van der Waals surface area contributed by atoms with E-state index in [0.29, 0.717) is 31.3 Å². The van der Waals surface area contributed by atoms with Crippen molar-refractivity contribution in [3.05, 3.63) is 65.9 Å². The number of carbonyl (C=O) groups excluding carboxylic acids is 4. The molecule has 3 aromatic carbocycles. The predicted molar refractivity (Wildman–Crippen MR) is 272 cm³/mol. The van der Waals surface area contributed by atoms with Crippen molar-refractivity contribution < 1.29 is 33.4 Å². The van der Waals surface area contributed by atoms with E-state index in [2.05, 4.69) is 113 Å². The molecular weight excluding hydrogens is 849 g/mol. The SMILES string of the molecule is C#C.C#C.CC.CC.CC.CCC.CCC.CCCN(Cc1ncc(-c2ccc3c(c2)COc2cc4c(ccc5[nH]c(C6CCN6C(=O)CNC(=O)OC)nc54)cc2-3)[nH]1)C(=O)CNC(=O)OC. The Hall–Kier alpha value is -7.00. The number of H-pyrrole nitrogens is 2. The normalized spacial score (nSPS) is 12.0. The fourth-order valence-corrected chi connectivity index (χ4v) is 6.59. The van der Waals surface area contributed by atoms with Gasteiger partial charge >= 0.3 is 12.2 Å². The minimum Gasteiger partial charge on any atom is -0.488 e. The highest BCUT2D eigenvalue weighted by Gasteiger charge is 2.35. The van der Waals surface area contributed by atoms with Gasteiger partial charge in [0.1, 0.15) is 37.1 Å². The molecule has 4 heterocycles. The minimum atomic E-state index is -0.656. The smallest absolute Gasteiger partial charge is 0.407 e. The van der Waals surface area contributed by atoms with Crippen LogP contribution in [0, 0.1) is 25.7 Å². The van der Waals surface area contributed by atoms with Gasteiger partial charge in [0.25, 0.3) is 0 Å². The van der Waals surface area contributed by atoms with E-state index in [4.69, 9.17) is 9.72 Å². The molecule has 7 rings (SSSR count). The van der Waals surface area contributed by atoms with Gasteiger partial charge < -0.3 is 44.6 Å². The molecular formula is C52H76N8O7. The number of hydrogen-bond donors (Lipinski definition) is 4. The molecule has 2 aromatic heterocycles. The fourth-order valence-electron chi connectivity index (χ4n) is 6.59. The van der Waals surface area contributed by atoms with Crippen LogP contribution in [0.3, 0.4) is 0 Å². The van der Waals surface area contributed by atoms with Crippen molar-refractivity contribution >= 4 is 45.8 Å². The lowest BCUT2D eigenvalue weighted by Gasteiger charge is -2.39. The zero-order chi connectivity index (χ0) is 51.1. The quantitative estimate of drug-likeness (QED) is 0.0990. The Balaban J connectivity index is 0.00000244. The maximum absolute atomic E-state index is 12.7. The Bertz CT molecular complexity index is 2290. The van der Waals surface area contributed by atoms with Gasteiger partial charge in [0.15, 0.2) is 0 Å². The summed E-state index contributed by atoms with van der Waals surface area (Å²) < 4.78 is 15.4. The van der Waals surface area contributed by atoms with Gasteiger partial charge in [-0.3, -0.25) is 9.59 Å². The van der Waals surface area contributed by atoms with Crippen LogP contribution >= 0.6 is 0 Å². The maximum atomic E-state index is 12.7. The maximum Gasteiger partial charge on any atom is 0.407 e. The van der Waals surface area contributed by atoms with Crippen molar-refractivity contribution in [2.45, 2.75) is 121 Å². The number of amides is 4. The molecule has 67 heavy (non-hydrogen) atoms. The van der Waals surface area contributed by atoms with E-state index in [1.54, 1.807) is 16.0 Å². The predicted octanol–water partition coefficient (Wildman–Crippen LogP) is 10.8. The molecule has 0 radical (unpaired) electrons. The number of nitrogens with zero attached hydrogens (tertiary/aromatic N) is 4. The number of hydrogen-bond acceptors (Lipinski definition) is 9. The molecule has 1 atom stereocenters. The summed E-state index contributed by atoms with van der Waals surface area (Å²) >= 11 is 0. The van der Waals surface area contributed by atoms with Crippen LogP contribution in [0.2, 0.25) is 0 Å². The van der Waals surface area contributed by atoms with Gasteiger partial charge in [-0.05, 0) is 59.2 Å². The molecule has 0 saturated carbocycles. The number of ether oxygens (including phenoxy) is 3. The van der Waals surface area contributed by atoms with E-state index in [0.717, 1.165) is 68.3 Å². The van der Waals surface area contributed by atoms with Gasteiger partial charge in [0, 0.05) is 24.0 Å². The summed E-state index contributed by atoms with van der Waals surface area (Å²) in [6.45, 7) is 24.0. The van der Waals surface area contributed by atoms with E-state index in [1.807, 2.05) is 66.7 Å². The van der Waals surface area contributed by atoms with E-state index in [-0.39, 0.29) is 37.5 Å². The molecule has 15 nitrogen and oxygen atoms in total. The van der Waals surface area contributed by atoms with E-state index < -0.39 is 12.2 Å². The summed E-state index contributed by atoms with van der Waals surface area (Å²) in [5.41, 5.74) is 6.52. The van der Waals surface area contributed by atoms with Crippen molar-refractivity contribution in [1.82, 2.24) is 40.4 Å². The number of aromatic nitrogens is 4. The van der Waals surface area contributed by atoms with Crippen molar-refractivity contribution in [2.24, 2.45) is 0 Å². The van der Waals surface area contributed by atoms with Gasteiger partial charge in [0.05, 0.1) is 49.7 Å². The second-order valence-electron chi connectivity index (χ2n) is 13.9. The Morgan fingerprint density at radius 3 is 2.00 bits per heavy atom. The first kappa shape index (κ1) is 60.0. The second-order valence-corrected chi connectivity index (χ2v) is 13.9. The molecule has 0 spiro atoms. The summed E-state index contributed by atoms with van der Waals surface area (Å²) in [5.74, 6) is 1.68. The first-order valence-electron chi connectivity index (χ1n) is 23.2. The second kappa shape index (κ2) is 33.5. The minimum absolute atomic E-state index is 0.138. The number of carbonyl (C=O) groups is 4. The van der Waals surface area contributed by atoms with Gasteiger partial charge in [-0.25, -0.2) is 19.6 Å². The van der Waals surface area contributed by atoms with Crippen LogP contribution in [0.4, 0.5) is 9.59 Å². The molecule has 366 valence electrons. The topological polar surface area (TPSA) is 184 Å². The van der Waals surface area contributed by atoms with Crippen LogP contribution < -0.4 is 15.4 Å². The summed E-state index contributed by atoms with van der Waals surface area (Å²) in [4.78, 5) is 67.9. The third kappa shape index (κ3) is 16.7. The molecule has 5 aromatic rings. The van der Waals surface area contributed by atoms with Crippen LogP contribution in [0.25, 0.3) is 44.2 Å². The number of fused-ring (bicyclic) bond motifs is 6. The molecule has 1 fully saturated rings. The highest BCUT2D eigenvalue weighted by molar-refractivity contribution is 6.07. The first-order valence-corrected chi connectivity index (χ1v) is 23.2. The Morgan fingerprint density at radius 2 is 1.43 bits per heavy atom. The molecule has 0 aliphatic carbocycles. The van der Waals surface area contributed by atoms with Crippen molar-refractivity contribution in [2.75, 3.05) is 40.4 Å². The zero-order valence-corrected chi connectivity index (χ0v) is 42.2. The number of aromatic amines is 2. The summed E-state index contributed by atoms with van der Waals surface area (Å²) in [7, 11) is 2.51. The molecule has 1 saturated heterocycles. The Labute approximate surface area is 399 Å². The molecule has 2 aliphatic rings.